The molecule has 166 valence electrons. The Balaban J connectivity index is 1.61. The summed E-state index contributed by atoms with van der Waals surface area (Å²) in [6.07, 6.45) is 3.68. The highest BCUT2D eigenvalue weighted by molar-refractivity contribution is 5.92. The molecule has 30 heavy (non-hydrogen) atoms. The summed E-state index contributed by atoms with van der Waals surface area (Å²) < 4.78 is 10.1. The normalized spacial score (nSPS) is 14.0. The molecule has 0 aliphatic carbocycles. The fourth-order valence-electron chi connectivity index (χ4n) is 3.06. The minimum atomic E-state index is -0.565. The molecule has 1 heterocycles. The number of anilines is 2. The Morgan fingerprint density at radius 3 is 2.33 bits per heavy atom. The molecule has 0 atom stereocenters. The van der Waals surface area contributed by atoms with Gasteiger partial charge in [0.05, 0.1) is 0 Å². The zero-order chi connectivity index (χ0) is 22.0. The van der Waals surface area contributed by atoms with Gasteiger partial charge in [0.1, 0.15) is 5.60 Å². The van der Waals surface area contributed by atoms with Gasteiger partial charge >= 0.3 is 12.1 Å². The maximum Gasteiger partial charge on any atom is 0.407 e. The second kappa shape index (κ2) is 11.4. The molecule has 1 fully saturated rings. The second-order valence-electron chi connectivity index (χ2n) is 8.34. The summed E-state index contributed by atoms with van der Waals surface area (Å²) in [7, 11) is 0. The minimum Gasteiger partial charge on any atom is -0.456 e. The molecule has 2 rings (SSSR count). The van der Waals surface area contributed by atoms with E-state index in [0.29, 0.717) is 18.7 Å². The number of hydrogen-bond acceptors (Lipinski definition) is 6. The lowest BCUT2D eigenvalue weighted by Gasteiger charge is -2.28. The smallest absolute Gasteiger partial charge is 0.407 e. The van der Waals surface area contributed by atoms with Gasteiger partial charge < -0.3 is 25.0 Å². The van der Waals surface area contributed by atoms with E-state index < -0.39 is 17.7 Å². The van der Waals surface area contributed by atoms with Crippen LogP contribution in [0.1, 0.15) is 52.9 Å². The number of nitrogens with zero attached hydrogens (tertiary/aromatic N) is 1. The van der Waals surface area contributed by atoms with Crippen LogP contribution in [0.3, 0.4) is 0 Å². The summed E-state index contributed by atoms with van der Waals surface area (Å²) >= 11 is 0. The van der Waals surface area contributed by atoms with Crippen LogP contribution in [-0.2, 0) is 19.1 Å². The van der Waals surface area contributed by atoms with E-state index in [1.807, 2.05) is 24.3 Å². The number of hydrogen-bond donors (Lipinski definition) is 2. The minimum absolute atomic E-state index is 0.105. The van der Waals surface area contributed by atoms with Crippen LogP contribution in [0.2, 0.25) is 0 Å². The maximum atomic E-state index is 12.0. The van der Waals surface area contributed by atoms with Crippen LogP contribution in [0.25, 0.3) is 0 Å². The first kappa shape index (κ1) is 23.5. The zero-order valence-corrected chi connectivity index (χ0v) is 18.2. The molecular formula is C22H33N3O5. The molecule has 2 amide bonds. The molecule has 0 aromatic heterocycles. The van der Waals surface area contributed by atoms with Gasteiger partial charge in [0.2, 0.25) is 0 Å². The van der Waals surface area contributed by atoms with Crippen LogP contribution in [0, 0.1) is 0 Å². The number of piperidine rings is 1. The summed E-state index contributed by atoms with van der Waals surface area (Å²) in [5, 5.41) is 5.29. The Kier molecular flexibility index (Phi) is 8.95. The van der Waals surface area contributed by atoms with Crippen molar-refractivity contribution in [2.75, 3.05) is 36.5 Å². The highest BCUT2D eigenvalue weighted by atomic mass is 16.6. The molecule has 8 nitrogen and oxygen atoms in total. The average molecular weight is 420 g/mol. The van der Waals surface area contributed by atoms with E-state index in [2.05, 4.69) is 15.5 Å². The lowest BCUT2D eigenvalue weighted by atomic mass is 10.1. The van der Waals surface area contributed by atoms with E-state index in [9.17, 15) is 14.4 Å². The van der Waals surface area contributed by atoms with Crippen LogP contribution in [-0.4, -0.2) is 49.8 Å². The standard InChI is InChI=1S/C22H33N3O5/c1-22(2,3)30-21(28)23-13-7-8-20(27)29-16-19(26)24-17-9-11-18(12-10-17)25-14-5-4-6-15-25/h9-12H,4-8,13-16H2,1-3H3,(H,23,28)(H,24,26). The molecule has 1 aliphatic heterocycles. The Morgan fingerprint density at radius 2 is 1.70 bits per heavy atom. The predicted octanol–water partition coefficient (Wildman–Crippen LogP) is 3.46. The number of rotatable bonds is 8. The van der Waals surface area contributed by atoms with Crippen LogP contribution < -0.4 is 15.5 Å². The van der Waals surface area contributed by atoms with Crippen molar-refractivity contribution in [3.05, 3.63) is 24.3 Å². The number of amides is 2. The summed E-state index contributed by atoms with van der Waals surface area (Å²) in [6.45, 7) is 7.41. The molecule has 8 heteroatoms. The molecule has 1 aromatic rings. The SMILES string of the molecule is CC(C)(C)OC(=O)NCCCC(=O)OCC(=O)Nc1ccc(N2CCCCC2)cc1. The number of ether oxygens (including phenoxy) is 2. The number of benzene rings is 1. The third-order valence-corrected chi connectivity index (χ3v) is 4.46. The van der Waals surface area contributed by atoms with Crippen LogP contribution in [0.4, 0.5) is 16.2 Å². The van der Waals surface area contributed by atoms with Crippen molar-refractivity contribution in [3.8, 4) is 0 Å². The predicted molar refractivity (Wildman–Crippen MR) is 116 cm³/mol. The number of esters is 1. The van der Waals surface area contributed by atoms with Gasteiger partial charge in [0.25, 0.3) is 5.91 Å². The Labute approximate surface area is 178 Å². The first-order chi connectivity index (χ1) is 14.2. The lowest BCUT2D eigenvalue weighted by Crippen LogP contribution is -2.33. The number of nitrogens with one attached hydrogen (secondary N) is 2. The van der Waals surface area contributed by atoms with E-state index in [1.54, 1.807) is 20.8 Å². The van der Waals surface area contributed by atoms with Gasteiger partial charge in [0, 0.05) is 37.4 Å². The lowest BCUT2D eigenvalue weighted by molar-refractivity contribution is -0.147. The van der Waals surface area contributed by atoms with Crippen molar-refractivity contribution in [2.24, 2.45) is 0 Å². The highest BCUT2D eigenvalue weighted by Crippen LogP contribution is 2.21. The van der Waals surface area contributed by atoms with E-state index in [1.165, 1.54) is 19.3 Å². The highest BCUT2D eigenvalue weighted by Gasteiger charge is 2.16. The maximum absolute atomic E-state index is 12.0. The molecule has 0 unspecified atom stereocenters. The largest absolute Gasteiger partial charge is 0.456 e. The quantitative estimate of drug-likeness (QED) is 0.495. The van der Waals surface area contributed by atoms with Gasteiger partial charge in [-0.2, -0.15) is 0 Å². The van der Waals surface area contributed by atoms with E-state index in [4.69, 9.17) is 9.47 Å². The molecular weight excluding hydrogens is 386 g/mol. The third kappa shape index (κ3) is 9.15. The zero-order valence-electron chi connectivity index (χ0n) is 18.2. The van der Waals surface area contributed by atoms with Gasteiger partial charge in [0.15, 0.2) is 6.61 Å². The van der Waals surface area contributed by atoms with Crippen molar-refractivity contribution in [1.82, 2.24) is 5.32 Å². The van der Waals surface area contributed by atoms with Crippen molar-refractivity contribution >= 4 is 29.3 Å². The van der Waals surface area contributed by atoms with Crippen molar-refractivity contribution < 1.29 is 23.9 Å². The Bertz CT molecular complexity index is 706. The summed E-state index contributed by atoms with van der Waals surface area (Å²) in [6, 6.07) is 7.69. The molecule has 1 aromatic carbocycles. The topological polar surface area (TPSA) is 97.0 Å². The summed E-state index contributed by atoms with van der Waals surface area (Å²) in [5.41, 5.74) is 1.25. The molecule has 2 N–H and O–H groups in total. The summed E-state index contributed by atoms with van der Waals surface area (Å²) in [4.78, 5) is 37.6. The van der Waals surface area contributed by atoms with E-state index >= 15 is 0 Å². The van der Waals surface area contributed by atoms with Crippen LogP contribution in [0.5, 0.6) is 0 Å². The Hall–Kier alpha value is -2.77. The van der Waals surface area contributed by atoms with Crippen molar-refractivity contribution in [3.63, 3.8) is 0 Å². The van der Waals surface area contributed by atoms with Gasteiger partial charge in [-0.1, -0.05) is 0 Å². The van der Waals surface area contributed by atoms with Gasteiger partial charge in [-0.25, -0.2) is 4.79 Å². The fraction of sp³-hybridized carbons (Fsp3) is 0.591. The van der Waals surface area contributed by atoms with E-state index in [-0.39, 0.29) is 18.9 Å². The average Bonchev–Trinajstić information content (AvgIpc) is 2.69. The molecule has 0 saturated carbocycles. The number of carbonyl (C=O) groups excluding carboxylic acids is 3. The second-order valence-corrected chi connectivity index (χ2v) is 8.34. The summed E-state index contributed by atoms with van der Waals surface area (Å²) in [5.74, 6) is -0.877. The number of carbonyl (C=O) groups is 3. The molecule has 1 saturated heterocycles. The molecule has 0 bridgehead atoms. The van der Waals surface area contributed by atoms with Gasteiger partial charge in [-0.3, -0.25) is 9.59 Å². The number of alkyl carbamates (subject to hydrolysis) is 1. The first-order valence-corrected chi connectivity index (χ1v) is 10.5. The van der Waals surface area contributed by atoms with Crippen LogP contribution in [0.15, 0.2) is 24.3 Å². The van der Waals surface area contributed by atoms with Gasteiger partial charge in [-0.15, -0.1) is 0 Å². The monoisotopic (exact) mass is 419 g/mol. The van der Waals surface area contributed by atoms with Crippen molar-refractivity contribution in [1.29, 1.82) is 0 Å². The molecule has 0 spiro atoms. The van der Waals surface area contributed by atoms with E-state index in [0.717, 1.165) is 18.8 Å². The Morgan fingerprint density at radius 1 is 1.03 bits per heavy atom. The molecule has 0 radical (unpaired) electrons. The van der Waals surface area contributed by atoms with Crippen LogP contribution >= 0.6 is 0 Å². The first-order valence-electron chi connectivity index (χ1n) is 10.5. The molecule has 1 aliphatic rings. The third-order valence-electron chi connectivity index (χ3n) is 4.46. The van der Waals surface area contributed by atoms with Crippen molar-refractivity contribution in [2.45, 2.75) is 58.5 Å². The fourth-order valence-corrected chi connectivity index (χ4v) is 3.06. The van der Waals surface area contributed by atoms with Gasteiger partial charge in [-0.05, 0) is 70.7 Å².